The molecule has 1 aromatic rings. The van der Waals surface area contributed by atoms with E-state index >= 15 is 0 Å². The predicted octanol–water partition coefficient (Wildman–Crippen LogP) is 1.76. The van der Waals surface area contributed by atoms with Crippen molar-refractivity contribution in [3.8, 4) is 0 Å². The van der Waals surface area contributed by atoms with E-state index in [0.29, 0.717) is 0 Å². The van der Waals surface area contributed by atoms with Crippen LogP contribution in [0.15, 0.2) is 6.07 Å². The van der Waals surface area contributed by atoms with Crippen LogP contribution in [0.5, 0.6) is 0 Å². The number of carboxylic acid groups (broad SMARTS) is 1. The summed E-state index contributed by atoms with van der Waals surface area (Å²) in [5.74, 6) is -5.67. The third-order valence-corrected chi connectivity index (χ3v) is 2.80. The zero-order valence-electron chi connectivity index (χ0n) is 8.93. The van der Waals surface area contributed by atoms with Gasteiger partial charge in [-0.1, -0.05) is 0 Å². The fourth-order valence-corrected chi connectivity index (χ4v) is 2.09. The lowest BCUT2D eigenvalue weighted by Gasteiger charge is -2.29. The van der Waals surface area contributed by atoms with Gasteiger partial charge in [0.15, 0.2) is 17.5 Å². The molecule has 0 aliphatic carbocycles. The largest absolute Gasteiger partial charge is 0.480 e. The first-order valence-electron chi connectivity index (χ1n) is 5.07. The summed E-state index contributed by atoms with van der Waals surface area (Å²) in [7, 11) is 0. The Balaban J connectivity index is 2.64. The Hall–Kier alpha value is -1.56. The zero-order chi connectivity index (χ0) is 12.7. The fraction of sp³-hybridized carbons (Fsp3) is 0.364. The Labute approximate surface area is 95.3 Å². The molecule has 0 fully saturated rings. The standard InChI is InChI=1S/C11H10F3NO2/c1-4-2-5-3-6(12)8(13)9(14)7(5)10(15-4)11(16)17/h3-4,10,15H,2H2,1H3,(H,16,17). The number of halogens is 3. The van der Waals surface area contributed by atoms with E-state index in [1.165, 1.54) is 0 Å². The molecule has 0 saturated carbocycles. The zero-order valence-corrected chi connectivity index (χ0v) is 8.93. The molecule has 1 aromatic carbocycles. The summed E-state index contributed by atoms with van der Waals surface area (Å²) in [5, 5.41) is 11.6. The average Bonchev–Trinajstić information content (AvgIpc) is 2.24. The van der Waals surface area contributed by atoms with Crippen LogP contribution in [0.1, 0.15) is 24.1 Å². The average molecular weight is 245 g/mol. The van der Waals surface area contributed by atoms with Gasteiger partial charge in [-0.25, -0.2) is 13.2 Å². The second-order valence-corrected chi connectivity index (χ2v) is 4.10. The predicted molar refractivity (Wildman–Crippen MR) is 53.0 cm³/mol. The van der Waals surface area contributed by atoms with Crippen molar-refractivity contribution < 1.29 is 23.1 Å². The maximum Gasteiger partial charge on any atom is 0.325 e. The van der Waals surface area contributed by atoms with Crippen LogP contribution in [0.25, 0.3) is 0 Å². The summed E-state index contributed by atoms with van der Waals surface area (Å²) >= 11 is 0. The monoisotopic (exact) mass is 245 g/mol. The fourth-order valence-electron chi connectivity index (χ4n) is 2.09. The molecule has 0 saturated heterocycles. The highest BCUT2D eigenvalue weighted by atomic mass is 19.2. The van der Waals surface area contributed by atoms with Gasteiger partial charge in [-0.15, -0.1) is 0 Å². The van der Waals surface area contributed by atoms with Crippen molar-refractivity contribution in [3.63, 3.8) is 0 Å². The Morgan fingerprint density at radius 2 is 2.06 bits per heavy atom. The maximum atomic E-state index is 13.6. The van der Waals surface area contributed by atoms with Crippen molar-refractivity contribution in [2.24, 2.45) is 0 Å². The summed E-state index contributed by atoms with van der Waals surface area (Å²) in [5.41, 5.74) is -0.116. The minimum atomic E-state index is -1.63. The number of carbonyl (C=O) groups is 1. The van der Waals surface area contributed by atoms with Crippen LogP contribution >= 0.6 is 0 Å². The van der Waals surface area contributed by atoms with Crippen LogP contribution in [-0.4, -0.2) is 17.1 Å². The van der Waals surface area contributed by atoms with Crippen LogP contribution < -0.4 is 5.32 Å². The third kappa shape index (κ3) is 1.88. The lowest BCUT2D eigenvalue weighted by atomic mass is 9.90. The van der Waals surface area contributed by atoms with Crippen LogP contribution in [0, 0.1) is 17.5 Å². The minimum absolute atomic E-state index is 0.194. The Morgan fingerprint density at radius 3 is 2.65 bits per heavy atom. The number of aliphatic carboxylic acids is 1. The first-order chi connectivity index (χ1) is 7.91. The second-order valence-electron chi connectivity index (χ2n) is 4.10. The lowest BCUT2D eigenvalue weighted by Crippen LogP contribution is -2.42. The van der Waals surface area contributed by atoms with Gasteiger partial charge in [0, 0.05) is 11.6 Å². The molecule has 1 aliphatic heterocycles. The minimum Gasteiger partial charge on any atom is -0.480 e. The van der Waals surface area contributed by atoms with Crippen LogP contribution in [0.2, 0.25) is 0 Å². The number of nitrogens with one attached hydrogen (secondary N) is 1. The normalized spacial score (nSPS) is 23.3. The summed E-state index contributed by atoms with van der Waals surface area (Å²) in [4.78, 5) is 11.0. The van der Waals surface area contributed by atoms with Gasteiger partial charge in [-0.05, 0) is 25.0 Å². The number of hydrogen-bond acceptors (Lipinski definition) is 2. The molecule has 0 spiro atoms. The van der Waals surface area contributed by atoms with E-state index in [-0.39, 0.29) is 23.6 Å². The van der Waals surface area contributed by atoms with Gasteiger partial charge in [-0.3, -0.25) is 10.1 Å². The van der Waals surface area contributed by atoms with E-state index in [1.54, 1.807) is 6.92 Å². The third-order valence-electron chi connectivity index (χ3n) is 2.80. The SMILES string of the molecule is CC1Cc2cc(F)c(F)c(F)c2C(C(=O)O)N1. The van der Waals surface area contributed by atoms with Crippen molar-refractivity contribution in [1.82, 2.24) is 5.32 Å². The number of rotatable bonds is 1. The van der Waals surface area contributed by atoms with Crippen molar-refractivity contribution in [1.29, 1.82) is 0 Å². The maximum absolute atomic E-state index is 13.6. The van der Waals surface area contributed by atoms with Crippen molar-refractivity contribution >= 4 is 5.97 Å². The van der Waals surface area contributed by atoms with Crippen LogP contribution in [-0.2, 0) is 11.2 Å². The van der Waals surface area contributed by atoms with E-state index in [2.05, 4.69) is 5.32 Å². The number of carboxylic acids is 1. The Kier molecular flexibility index (Phi) is 2.82. The molecule has 2 N–H and O–H groups in total. The van der Waals surface area contributed by atoms with Gasteiger partial charge >= 0.3 is 5.97 Å². The molecule has 1 aliphatic rings. The highest BCUT2D eigenvalue weighted by molar-refractivity contribution is 5.76. The molecule has 1 heterocycles. The van der Waals surface area contributed by atoms with Crippen molar-refractivity contribution in [3.05, 3.63) is 34.6 Å². The quantitative estimate of drug-likeness (QED) is 0.741. The van der Waals surface area contributed by atoms with E-state index in [0.717, 1.165) is 6.07 Å². The van der Waals surface area contributed by atoms with Gasteiger partial charge in [0.25, 0.3) is 0 Å². The Bertz CT molecular complexity index is 490. The summed E-state index contributed by atoms with van der Waals surface area (Å²) in [6.07, 6.45) is 0.257. The summed E-state index contributed by atoms with van der Waals surface area (Å²) in [6, 6.07) is -0.724. The second kappa shape index (κ2) is 4.03. The molecule has 6 heteroatoms. The molecule has 0 radical (unpaired) electrons. The molecule has 17 heavy (non-hydrogen) atoms. The molecule has 92 valence electrons. The van der Waals surface area contributed by atoms with Gasteiger partial charge in [-0.2, -0.15) is 0 Å². The smallest absolute Gasteiger partial charge is 0.325 e. The van der Waals surface area contributed by atoms with E-state index in [9.17, 15) is 18.0 Å². The van der Waals surface area contributed by atoms with Gasteiger partial charge < -0.3 is 5.11 Å². The van der Waals surface area contributed by atoms with E-state index < -0.39 is 29.5 Å². The summed E-state index contributed by atoms with van der Waals surface area (Å²) < 4.78 is 39.7. The van der Waals surface area contributed by atoms with Crippen molar-refractivity contribution in [2.45, 2.75) is 25.4 Å². The van der Waals surface area contributed by atoms with Crippen LogP contribution in [0.3, 0.4) is 0 Å². The molecule has 0 bridgehead atoms. The highest BCUT2D eigenvalue weighted by Crippen LogP contribution is 2.30. The van der Waals surface area contributed by atoms with Gasteiger partial charge in [0.05, 0.1) is 0 Å². The first kappa shape index (κ1) is 11.9. The number of benzene rings is 1. The van der Waals surface area contributed by atoms with Crippen LogP contribution in [0.4, 0.5) is 13.2 Å². The van der Waals surface area contributed by atoms with E-state index in [4.69, 9.17) is 5.11 Å². The van der Waals surface area contributed by atoms with Gasteiger partial charge in [0.2, 0.25) is 0 Å². The van der Waals surface area contributed by atoms with Gasteiger partial charge in [0.1, 0.15) is 6.04 Å². The molecule has 2 unspecified atom stereocenters. The molecule has 2 rings (SSSR count). The number of hydrogen-bond donors (Lipinski definition) is 2. The molecule has 0 aromatic heterocycles. The molecular formula is C11H10F3NO2. The Morgan fingerprint density at radius 1 is 1.41 bits per heavy atom. The van der Waals surface area contributed by atoms with Crippen molar-refractivity contribution in [2.75, 3.05) is 0 Å². The lowest BCUT2D eigenvalue weighted by molar-refractivity contribution is -0.140. The molecule has 0 amide bonds. The highest BCUT2D eigenvalue weighted by Gasteiger charge is 2.34. The summed E-state index contributed by atoms with van der Waals surface area (Å²) in [6.45, 7) is 1.69. The van der Waals surface area contributed by atoms with E-state index in [1.807, 2.05) is 0 Å². The topological polar surface area (TPSA) is 49.3 Å². The molecule has 3 nitrogen and oxygen atoms in total. The molecule has 2 atom stereocenters. The number of fused-ring (bicyclic) bond motifs is 1. The first-order valence-corrected chi connectivity index (χ1v) is 5.07. The molecular weight excluding hydrogens is 235 g/mol.